The second kappa shape index (κ2) is 12.8. The first kappa shape index (κ1) is 22.9. The topological polar surface area (TPSA) is 91.5 Å². The quantitative estimate of drug-likeness (QED) is 0.219. The van der Waals surface area contributed by atoms with Crippen molar-refractivity contribution in [3.05, 3.63) is 43.0 Å². The zero-order valence-electron chi connectivity index (χ0n) is 18.4. The van der Waals surface area contributed by atoms with E-state index in [-0.39, 0.29) is 12.0 Å². The number of hydrogen-bond donors (Lipinski definition) is 0. The summed E-state index contributed by atoms with van der Waals surface area (Å²) in [6.07, 6.45) is 19.4. The van der Waals surface area contributed by atoms with E-state index in [0.717, 1.165) is 37.1 Å². The maximum absolute atomic E-state index is 11.5. The van der Waals surface area contributed by atoms with Crippen LogP contribution in [0.15, 0.2) is 42.5 Å². The van der Waals surface area contributed by atoms with Crippen LogP contribution in [0.4, 0.5) is 0 Å². The molecule has 1 fully saturated rings. The molecule has 1 atom stereocenters. The highest BCUT2D eigenvalue weighted by Gasteiger charge is 2.29. The van der Waals surface area contributed by atoms with Gasteiger partial charge in [-0.15, -0.1) is 0 Å². The van der Waals surface area contributed by atoms with Crippen LogP contribution in [0, 0.1) is 5.92 Å². The van der Waals surface area contributed by atoms with E-state index < -0.39 is 0 Å². The molecule has 0 aliphatic heterocycles. The maximum atomic E-state index is 11.5. The molecule has 0 aromatic carbocycles. The van der Waals surface area contributed by atoms with Gasteiger partial charge in [-0.25, -0.2) is 4.98 Å². The molecule has 3 rings (SSSR count). The van der Waals surface area contributed by atoms with Crippen LogP contribution < -0.4 is 0 Å². The van der Waals surface area contributed by atoms with Crippen LogP contribution in [0.1, 0.15) is 70.0 Å². The molecule has 2 aromatic heterocycles. The van der Waals surface area contributed by atoms with E-state index in [1.54, 1.807) is 24.8 Å². The van der Waals surface area contributed by atoms with Crippen molar-refractivity contribution in [3.8, 4) is 0 Å². The predicted molar refractivity (Wildman–Crippen MR) is 117 cm³/mol. The lowest BCUT2D eigenvalue weighted by molar-refractivity contribution is -0.143. The maximum Gasteiger partial charge on any atom is 0.305 e. The molecule has 8 heteroatoms. The van der Waals surface area contributed by atoms with Crippen molar-refractivity contribution >= 4 is 11.7 Å². The molecule has 8 nitrogen and oxygen atoms in total. The molecule has 0 radical (unpaired) electrons. The Labute approximate surface area is 184 Å². The Morgan fingerprint density at radius 3 is 2.77 bits per heavy atom. The summed E-state index contributed by atoms with van der Waals surface area (Å²) in [6.45, 7) is 2.73. The van der Waals surface area contributed by atoms with Crippen LogP contribution in [0.2, 0.25) is 0 Å². The minimum Gasteiger partial charge on any atom is -0.466 e. The van der Waals surface area contributed by atoms with Gasteiger partial charge in [0.05, 0.1) is 30.4 Å². The Morgan fingerprint density at radius 2 is 2.06 bits per heavy atom. The largest absolute Gasteiger partial charge is 0.466 e. The van der Waals surface area contributed by atoms with Crippen LogP contribution in [-0.2, 0) is 20.8 Å². The summed E-state index contributed by atoms with van der Waals surface area (Å²) in [7, 11) is 0. The van der Waals surface area contributed by atoms with Gasteiger partial charge in [-0.2, -0.15) is 0 Å². The van der Waals surface area contributed by atoms with Crippen LogP contribution in [-0.4, -0.2) is 44.4 Å². The van der Waals surface area contributed by atoms with Crippen LogP contribution in [0.25, 0.3) is 0 Å². The lowest BCUT2D eigenvalue weighted by Gasteiger charge is -2.29. The van der Waals surface area contributed by atoms with E-state index in [1.807, 2.05) is 19.4 Å². The van der Waals surface area contributed by atoms with E-state index in [1.165, 1.54) is 19.3 Å². The number of oxime groups is 1. The normalized spacial score (nSPS) is 16.1. The highest BCUT2D eigenvalue weighted by molar-refractivity contribution is 5.90. The molecule has 31 heavy (non-hydrogen) atoms. The third-order valence-electron chi connectivity index (χ3n) is 5.61. The Kier molecular flexibility index (Phi) is 9.47. The Bertz CT molecular complexity index is 789. The standard InChI is InChI=1S/C23H33N5O3/c1-2-30-22(29)10-6-7-15-31-27-23(19-8-4-3-5-9-19)21(28-14-13-25-18-28)16-20-17-24-11-12-26-20/h11-14,17-19,21H,2-10,15-16H2,1H3/b27-23+. The van der Waals surface area contributed by atoms with E-state index in [9.17, 15) is 4.79 Å². The monoisotopic (exact) mass is 427 g/mol. The summed E-state index contributed by atoms with van der Waals surface area (Å²) < 4.78 is 7.06. The number of carbonyl (C=O) groups is 1. The molecule has 1 aliphatic carbocycles. The average Bonchev–Trinajstić information content (AvgIpc) is 3.34. The van der Waals surface area contributed by atoms with Gasteiger partial charge in [0.15, 0.2) is 0 Å². The Morgan fingerprint density at radius 1 is 1.19 bits per heavy atom. The Hall–Kier alpha value is -2.77. The van der Waals surface area contributed by atoms with Gasteiger partial charge in [-0.05, 0) is 32.6 Å². The second-order valence-electron chi connectivity index (χ2n) is 7.87. The molecule has 1 saturated carbocycles. The number of ether oxygens (including phenoxy) is 1. The van der Waals surface area contributed by atoms with Gasteiger partial charge in [-0.3, -0.25) is 14.8 Å². The van der Waals surface area contributed by atoms with Crippen molar-refractivity contribution in [1.29, 1.82) is 0 Å². The molecule has 0 spiro atoms. The summed E-state index contributed by atoms with van der Waals surface area (Å²) in [4.78, 5) is 30.2. The fourth-order valence-corrected chi connectivity index (χ4v) is 4.05. The summed E-state index contributed by atoms with van der Waals surface area (Å²) in [5.41, 5.74) is 1.97. The first-order chi connectivity index (χ1) is 15.3. The number of nitrogens with zero attached hydrogens (tertiary/aromatic N) is 5. The average molecular weight is 428 g/mol. The molecule has 168 valence electrons. The molecule has 1 aliphatic rings. The van der Waals surface area contributed by atoms with Gasteiger partial charge >= 0.3 is 5.97 Å². The number of esters is 1. The summed E-state index contributed by atoms with van der Waals surface area (Å²) in [5, 5.41) is 4.66. The van der Waals surface area contributed by atoms with Gasteiger partial charge in [0.2, 0.25) is 0 Å². The number of imidazole rings is 1. The van der Waals surface area contributed by atoms with E-state index in [0.29, 0.717) is 32.0 Å². The number of aromatic nitrogens is 4. The molecule has 1 unspecified atom stereocenters. The smallest absolute Gasteiger partial charge is 0.305 e. The molecule has 0 amide bonds. The minimum atomic E-state index is -0.155. The van der Waals surface area contributed by atoms with Gasteiger partial charge in [-0.1, -0.05) is 24.4 Å². The summed E-state index contributed by atoms with van der Waals surface area (Å²) in [6, 6.07) is -0.0122. The van der Waals surface area contributed by atoms with Crippen molar-refractivity contribution in [3.63, 3.8) is 0 Å². The molecule has 2 aromatic rings. The molecule has 2 heterocycles. The summed E-state index contributed by atoms with van der Waals surface area (Å²) >= 11 is 0. The van der Waals surface area contributed by atoms with Gasteiger partial charge < -0.3 is 14.1 Å². The van der Waals surface area contributed by atoms with Crippen LogP contribution >= 0.6 is 0 Å². The molecule has 0 N–H and O–H groups in total. The van der Waals surface area contributed by atoms with Crippen LogP contribution in [0.3, 0.4) is 0 Å². The fraction of sp³-hybridized carbons (Fsp3) is 0.609. The lowest BCUT2D eigenvalue weighted by atomic mass is 9.82. The first-order valence-corrected chi connectivity index (χ1v) is 11.4. The number of unbranched alkanes of at least 4 members (excludes halogenated alkanes) is 1. The lowest BCUT2D eigenvalue weighted by Crippen LogP contribution is -2.30. The Balaban J connectivity index is 1.69. The highest BCUT2D eigenvalue weighted by Crippen LogP contribution is 2.30. The SMILES string of the molecule is CCOC(=O)CCCCO/N=C(\C1CCCCC1)C(Cc1cnccn1)n1ccnc1. The highest BCUT2D eigenvalue weighted by atomic mass is 16.6. The number of hydrogen-bond acceptors (Lipinski definition) is 7. The van der Waals surface area contributed by atoms with Crippen molar-refractivity contribution in [2.24, 2.45) is 11.1 Å². The third-order valence-corrected chi connectivity index (χ3v) is 5.61. The zero-order valence-corrected chi connectivity index (χ0v) is 18.4. The second-order valence-corrected chi connectivity index (χ2v) is 7.87. The van der Waals surface area contributed by atoms with E-state index in [2.05, 4.69) is 24.7 Å². The van der Waals surface area contributed by atoms with Gasteiger partial charge in [0.1, 0.15) is 6.61 Å². The van der Waals surface area contributed by atoms with Gasteiger partial charge in [0.25, 0.3) is 0 Å². The fourth-order valence-electron chi connectivity index (χ4n) is 4.05. The predicted octanol–water partition coefficient (Wildman–Crippen LogP) is 4.14. The first-order valence-electron chi connectivity index (χ1n) is 11.4. The molecular formula is C23H33N5O3. The third kappa shape index (κ3) is 7.45. The number of rotatable bonds is 12. The minimum absolute atomic E-state index is 0.0122. The molecule has 0 bridgehead atoms. The molecular weight excluding hydrogens is 394 g/mol. The molecule has 0 saturated heterocycles. The number of carbonyl (C=O) groups excluding carboxylic acids is 1. The van der Waals surface area contributed by atoms with Crippen molar-refractivity contribution in [1.82, 2.24) is 19.5 Å². The summed E-state index contributed by atoms with van der Waals surface area (Å²) in [5.74, 6) is 0.232. The van der Waals surface area contributed by atoms with Crippen molar-refractivity contribution < 1.29 is 14.4 Å². The van der Waals surface area contributed by atoms with E-state index >= 15 is 0 Å². The van der Waals surface area contributed by atoms with Crippen molar-refractivity contribution in [2.75, 3.05) is 13.2 Å². The van der Waals surface area contributed by atoms with Crippen molar-refractivity contribution in [2.45, 2.75) is 70.8 Å². The van der Waals surface area contributed by atoms with E-state index in [4.69, 9.17) is 9.57 Å². The zero-order chi connectivity index (χ0) is 21.7. The van der Waals surface area contributed by atoms with Crippen LogP contribution in [0.5, 0.6) is 0 Å². The van der Waals surface area contributed by atoms with Gasteiger partial charge in [0, 0.05) is 49.7 Å².